The highest BCUT2D eigenvalue weighted by atomic mass is 32.1. The Bertz CT molecular complexity index is 1440. The zero-order valence-corrected chi connectivity index (χ0v) is 17.8. The van der Waals surface area contributed by atoms with Crippen LogP contribution in [0.1, 0.15) is 13.3 Å². The van der Waals surface area contributed by atoms with Crippen molar-refractivity contribution < 1.29 is 4.79 Å². The Morgan fingerprint density at radius 3 is 2.48 bits per heavy atom. The van der Waals surface area contributed by atoms with Gasteiger partial charge in [0.15, 0.2) is 4.96 Å². The second kappa shape index (κ2) is 7.88. The van der Waals surface area contributed by atoms with E-state index < -0.39 is 0 Å². The van der Waals surface area contributed by atoms with Gasteiger partial charge in [-0.1, -0.05) is 42.5 Å². The third-order valence-electron chi connectivity index (χ3n) is 5.37. The van der Waals surface area contributed by atoms with Gasteiger partial charge in [0.1, 0.15) is 11.5 Å². The average molecular weight is 432 g/mol. The van der Waals surface area contributed by atoms with Gasteiger partial charge in [0.25, 0.3) is 0 Å². The van der Waals surface area contributed by atoms with Crippen LogP contribution in [0.4, 0.5) is 5.82 Å². The topological polar surface area (TPSA) is 73.3 Å². The van der Waals surface area contributed by atoms with E-state index >= 15 is 0 Å². The van der Waals surface area contributed by atoms with Crippen LogP contribution in [0.25, 0.3) is 27.3 Å². The van der Waals surface area contributed by atoms with Gasteiger partial charge in [-0.2, -0.15) is 0 Å². The summed E-state index contributed by atoms with van der Waals surface area (Å²) in [6, 6.07) is 17.5. The molecule has 0 radical (unpaired) electrons. The van der Waals surface area contributed by atoms with Gasteiger partial charge in [0.2, 0.25) is 5.91 Å². The molecule has 3 heterocycles. The van der Waals surface area contributed by atoms with Crippen LogP contribution in [0.15, 0.2) is 71.0 Å². The monoisotopic (exact) mass is 431 g/mol. The molecule has 31 heavy (non-hydrogen) atoms. The molecule has 0 aliphatic heterocycles. The third kappa shape index (κ3) is 3.34. The quantitative estimate of drug-likeness (QED) is 0.437. The van der Waals surface area contributed by atoms with Crippen molar-refractivity contribution in [3.63, 3.8) is 0 Å². The Hall–Kier alpha value is -3.65. The molecular formula is C23H21N5O2S. The number of carbonyl (C=O) groups excluding carboxylic acids is 1. The zero-order chi connectivity index (χ0) is 21.4. The lowest BCUT2D eigenvalue weighted by atomic mass is 10.1. The zero-order valence-electron chi connectivity index (χ0n) is 17.0. The summed E-state index contributed by atoms with van der Waals surface area (Å²) in [5.41, 5.74) is 3.32. The van der Waals surface area contributed by atoms with Gasteiger partial charge in [-0.15, -0.1) is 11.3 Å². The van der Waals surface area contributed by atoms with Gasteiger partial charge in [-0.05, 0) is 19.1 Å². The Morgan fingerprint density at radius 1 is 1.03 bits per heavy atom. The van der Waals surface area contributed by atoms with Crippen LogP contribution in [0, 0.1) is 0 Å². The SMILES string of the molecule is CCn1c(=O)n(CCC(=O)Nc2c(-c3ccccc3)nc3sccn23)c2ccccc21. The van der Waals surface area contributed by atoms with E-state index in [2.05, 4.69) is 5.32 Å². The standard InChI is InChI=1S/C23H21N5O2S/c1-2-26-17-10-6-7-11-18(17)27(23(26)30)13-12-19(29)24-21-20(16-8-4-3-5-9-16)25-22-28(21)14-15-31-22/h3-11,14-15H,2,12-13H2,1H3,(H,24,29). The number of rotatable bonds is 6. The van der Waals surface area contributed by atoms with Crippen molar-refractivity contribution in [1.29, 1.82) is 0 Å². The Balaban J connectivity index is 1.42. The first-order chi connectivity index (χ1) is 15.2. The van der Waals surface area contributed by atoms with Crippen molar-refractivity contribution in [2.45, 2.75) is 26.4 Å². The van der Waals surface area contributed by atoms with Crippen LogP contribution in [0.3, 0.4) is 0 Å². The number of imidazole rings is 2. The summed E-state index contributed by atoms with van der Waals surface area (Å²) >= 11 is 1.52. The minimum Gasteiger partial charge on any atom is -0.310 e. The van der Waals surface area contributed by atoms with Crippen LogP contribution < -0.4 is 11.0 Å². The maximum absolute atomic E-state index is 12.9. The van der Waals surface area contributed by atoms with Crippen LogP contribution in [-0.2, 0) is 17.9 Å². The molecule has 0 saturated heterocycles. The number of aryl methyl sites for hydroxylation is 2. The number of benzene rings is 2. The normalized spacial score (nSPS) is 11.4. The molecule has 156 valence electrons. The molecule has 0 spiro atoms. The summed E-state index contributed by atoms with van der Waals surface area (Å²) in [6.07, 6.45) is 2.08. The lowest BCUT2D eigenvalue weighted by Gasteiger charge is -2.08. The van der Waals surface area contributed by atoms with Crippen LogP contribution in [0.2, 0.25) is 0 Å². The molecule has 5 rings (SSSR count). The number of amides is 1. The van der Waals surface area contributed by atoms with Gasteiger partial charge in [0, 0.05) is 36.7 Å². The highest BCUT2D eigenvalue weighted by Crippen LogP contribution is 2.30. The summed E-state index contributed by atoms with van der Waals surface area (Å²) in [5, 5.41) is 4.96. The largest absolute Gasteiger partial charge is 0.329 e. The minimum atomic E-state index is -0.162. The second-order valence-corrected chi connectivity index (χ2v) is 8.07. The predicted octanol–water partition coefficient (Wildman–Crippen LogP) is 4.23. The lowest BCUT2D eigenvalue weighted by Crippen LogP contribution is -2.26. The first kappa shape index (κ1) is 19.3. The van der Waals surface area contributed by atoms with Crippen molar-refractivity contribution in [3.05, 3.63) is 76.7 Å². The molecule has 0 aliphatic carbocycles. The highest BCUT2D eigenvalue weighted by Gasteiger charge is 2.18. The van der Waals surface area contributed by atoms with E-state index in [1.807, 2.05) is 77.5 Å². The van der Waals surface area contributed by atoms with E-state index in [9.17, 15) is 9.59 Å². The number of hydrogen-bond donors (Lipinski definition) is 1. The van der Waals surface area contributed by atoms with E-state index in [-0.39, 0.29) is 18.0 Å². The number of carbonyl (C=O) groups is 1. The first-order valence-corrected chi connectivity index (χ1v) is 11.0. The predicted molar refractivity (Wildman–Crippen MR) is 124 cm³/mol. The maximum atomic E-state index is 12.9. The summed E-state index contributed by atoms with van der Waals surface area (Å²) in [4.78, 5) is 31.2. The van der Waals surface area contributed by atoms with Crippen LogP contribution in [0.5, 0.6) is 0 Å². The molecule has 0 aliphatic rings. The molecule has 1 amide bonds. The number of nitrogens with one attached hydrogen (secondary N) is 1. The van der Waals surface area contributed by atoms with Crippen molar-refractivity contribution in [1.82, 2.24) is 18.5 Å². The number of anilines is 1. The average Bonchev–Trinajstić information content (AvgIpc) is 3.45. The third-order valence-corrected chi connectivity index (χ3v) is 6.13. The Labute approximate surface area is 182 Å². The van der Waals surface area contributed by atoms with Gasteiger partial charge in [-0.3, -0.25) is 18.3 Å². The van der Waals surface area contributed by atoms with E-state index in [1.54, 1.807) is 9.13 Å². The van der Waals surface area contributed by atoms with Gasteiger partial charge in [-0.25, -0.2) is 9.78 Å². The fraction of sp³-hybridized carbons (Fsp3) is 0.174. The van der Waals surface area contributed by atoms with E-state index in [4.69, 9.17) is 4.98 Å². The molecule has 0 bridgehead atoms. The molecule has 5 aromatic rings. The van der Waals surface area contributed by atoms with Gasteiger partial charge in [0.05, 0.1) is 11.0 Å². The fourth-order valence-electron chi connectivity index (χ4n) is 3.90. The molecule has 0 fully saturated rings. The Kier molecular flexibility index (Phi) is 4.91. The van der Waals surface area contributed by atoms with E-state index in [0.717, 1.165) is 27.3 Å². The van der Waals surface area contributed by atoms with Crippen molar-refractivity contribution in [3.8, 4) is 11.3 Å². The van der Waals surface area contributed by atoms with Crippen molar-refractivity contribution >= 4 is 39.1 Å². The minimum absolute atomic E-state index is 0.0916. The number of thiazole rings is 1. The molecular weight excluding hydrogens is 410 g/mol. The molecule has 3 aromatic heterocycles. The number of fused-ring (bicyclic) bond motifs is 2. The smallest absolute Gasteiger partial charge is 0.310 e. The molecule has 2 aromatic carbocycles. The summed E-state index contributed by atoms with van der Waals surface area (Å²) in [7, 11) is 0. The first-order valence-electron chi connectivity index (χ1n) is 10.2. The molecule has 8 heteroatoms. The number of hydrogen-bond acceptors (Lipinski definition) is 4. The molecule has 0 saturated carbocycles. The fourth-order valence-corrected chi connectivity index (χ4v) is 4.62. The summed E-state index contributed by atoms with van der Waals surface area (Å²) < 4.78 is 5.29. The van der Waals surface area contributed by atoms with Gasteiger partial charge < -0.3 is 5.32 Å². The summed E-state index contributed by atoms with van der Waals surface area (Å²) in [6.45, 7) is 2.84. The molecule has 0 atom stereocenters. The summed E-state index contributed by atoms with van der Waals surface area (Å²) in [5.74, 6) is 0.487. The second-order valence-electron chi connectivity index (χ2n) is 7.20. The number of aromatic nitrogens is 4. The molecule has 7 nitrogen and oxygen atoms in total. The number of para-hydroxylation sites is 2. The maximum Gasteiger partial charge on any atom is 0.329 e. The lowest BCUT2D eigenvalue weighted by molar-refractivity contribution is -0.116. The van der Waals surface area contributed by atoms with Gasteiger partial charge >= 0.3 is 5.69 Å². The molecule has 0 unspecified atom stereocenters. The van der Waals surface area contributed by atoms with E-state index in [1.165, 1.54) is 11.3 Å². The van der Waals surface area contributed by atoms with Crippen molar-refractivity contribution in [2.24, 2.45) is 0 Å². The Morgan fingerprint density at radius 2 is 1.74 bits per heavy atom. The molecule has 1 N–H and O–H groups in total. The van der Waals surface area contributed by atoms with Crippen LogP contribution in [-0.4, -0.2) is 24.4 Å². The number of nitrogens with zero attached hydrogens (tertiary/aromatic N) is 4. The van der Waals surface area contributed by atoms with Crippen molar-refractivity contribution in [2.75, 3.05) is 5.32 Å². The highest BCUT2D eigenvalue weighted by molar-refractivity contribution is 7.15. The van der Waals surface area contributed by atoms with Crippen LogP contribution >= 0.6 is 11.3 Å². The van der Waals surface area contributed by atoms with E-state index in [0.29, 0.717) is 18.9 Å².